The molecule has 1 aromatic carbocycles. The zero-order valence-corrected chi connectivity index (χ0v) is 27.8. The molecule has 46 heavy (non-hydrogen) atoms. The van der Waals surface area contributed by atoms with E-state index >= 15 is 0 Å². The van der Waals surface area contributed by atoms with E-state index in [-0.39, 0.29) is 23.9 Å². The van der Waals surface area contributed by atoms with Crippen LogP contribution in [0.2, 0.25) is 0 Å². The second-order valence-electron chi connectivity index (χ2n) is 11.7. The summed E-state index contributed by atoms with van der Waals surface area (Å²) in [6.07, 6.45) is 10.4. The van der Waals surface area contributed by atoms with E-state index in [9.17, 15) is 9.59 Å². The molecule has 3 unspecified atom stereocenters. The van der Waals surface area contributed by atoms with Crippen LogP contribution in [0, 0.1) is 0 Å². The molecule has 2 amide bonds. The van der Waals surface area contributed by atoms with Crippen LogP contribution in [0.15, 0.2) is 66.9 Å². The average molecular weight is 683 g/mol. The molecule has 10 nitrogen and oxygen atoms in total. The predicted molar refractivity (Wildman–Crippen MR) is 182 cm³/mol. The number of halogens is 2. The van der Waals surface area contributed by atoms with Gasteiger partial charge in [-0.1, -0.05) is 71.8 Å². The van der Waals surface area contributed by atoms with Crippen molar-refractivity contribution >= 4 is 57.1 Å². The summed E-state index contributed by atoms with van der Waals surface area (Å²) in [5.41, 5.74) is 1.80. The van der Waals surface area contributed by atoms with Crippen LogP contribution in [0.4, 0.5) is 5.13 Å². The minimum atomic E-state index is -1.51. The quantitative estimate of drug-likeness (QED) is 0.168. The second-order valence-corrected chi connectivity index (χ2v) is 14.1. The number of benzene rings is 1. The van der Waals surface area contributed by atoms with E-state index in [2.05, 4.69) is 31.6 Å². The van der Waals surface area contributed by atoms with Crippen LogP contribution in [0.3, 0.4) is 0 Å². The van der Waals surface area contributed by atoms with Gasteiger partial charge in [-0.2, -0.15) is 0 Å². The zero-order valence-electron chi connectivity index (χ0n) is 25.4. The normalized spacial score (nSPS) is 23.6. The molecule has 13 heteroatoms. The molecular formula is C33H37Cl2N7O3S. The third-order valence-corrected chi connectivity index (χ3v) is 10.4. The first-order chi connectivity index (χ1) is 22.3. The Hall–Kier alpha value is -3.48. The molecule has 2 aromatic heterocycles. The largest absolute Gasteiger partial charge is 0.481 e. The molecule has 2 aliphatic heterocycles. The van der Waals surface area contributed by atoms with Crippen LogP contribution in [-0.4, -0.2) is 58.4 Å². The lowest BCUT2D eigenvalue weighted by atomic mass is 9.79. The molecule has 242 valence electrons. The highest BCUT2D eigenvalue weighted by atomic mass is 35.5. The summed E-state index contributed by atoms with van der Waals surface area (Å²) in [4.78, 5) is 33.8. The lowest BCUT2D eigenvalue weighted by Gasteiger charge is -2.44. The van der Waals surface area contributed by atoms with Crippen LogP contribution < -0.4 is 31.3 Å². The minimum Gasteiger partial charge on any atom is -0.481 e. The molecular weight excluding hydrogens is 645 g/mol. The molecule has 4 heterocycles. The predicted octanol–water partition coefficient (Wildman–Crippen LogP) is 4.42. The summed E-state index contributed by atoms with van der Waals surface area (Å²) in [5.74, 6) is 0.633. The summed E-state index contributed by atoms with van der Waals surface area (Å²) in [6, 6.07) is 13.9. The average Bonchev–Trinajstić information content (AvgIpc) is 3.80. The van der Waals surface area contributed by atoms with Gasteiger partial charge in [0.15, 0.2) is 9.46 Å². The lowest BCUT2D eigenvalue weighted by Crippen LogP contribution is -2.51. The summed E-state index contributed by atoms with van der Waals surface area (Å²) < 4.78 is 4.26. The van der Waals surface area contributed by atoms with Crippen molar-refractivity contribution in [3.8, 4) is 5.88 Å². The van der Waals surface area contributed by atoms with Gasteiger partial charge in [-0.25, -0.2) is 9.97 Å². The molecule has 2 saturated heterocycles. The maximum Gasteiger partial charge on any atom is 0.220 e. The molecule has 6 rings (SSSR count). The highest BCUT2D eigenvalue weighted by molar-refractivity contribution is 7.15. The van der Waals surface area contributed by atoms with Crippen molar-refractivity contribution in [1.82, 2.24) is 31.2 Å². The van der Waals surface area contributed by atoms with E-state index < -0.39 is 9.87 Å². The van der Waals surface area contributed by atoms with E-state index in [4.69, 9.17) is 32.9 Å². The fourth-order valence-electron chi connectivity index (χ4n) is 6.06. The molecule has 1 aliphatic carbocycles. The Kier molecular flexibility index (Phi) is 9.95. The standard InChI is InChI=1S/C33H37Cl2N7O3S/c1-45-30-22(16-36-17-23-10-13-28(43)39-23)9-12-27(41-30)32(15-5-8-26(33(32,34)35)21-6-3-2-4-7-21)42-31-38-20-25(46-31)19-37-18-24-11-14-29(44)40-24/h2-9,12,15,20,23-24,36-37H,10-11,13-14,16-19H2,1H3,(H,38,42)(H,39,43)(H,40,44). The molecule has 3 atom stereocenters. The Labute approximate surface area is 282 Å². The number of pyridine rings is 1. The van der Waals surface area contributed by atoms with Crippen molar-refractivity contribution in [2.45, 2.75) is 60.7 Å². The van der Waals surface area contributed by atoms with Gasteiger partial charge in [-0.15, -0.1) is 11.3 Å². The third-order valence-electron chi connectivity index (χ3n) is 8.49. The van der Waals surface area contributed by atoms with Crippen LogP contribution >= 0.6 is 34.5 Å². The second kappa shape index (κ2) is 14.1. The Morgan fingerprint density at radius 1 is 0.978 bits per heavy atom. The zero-order chi connectivity index (χ0) is 32.1. The Balaban J connectivity index is 1.26. The van der Waals surface area contributed by atoms with Gasteiger partial charge in [-0.3, -0.25) is 9.59 Å². The van der Waals surface area contributed by atoms with Gasteiger partial charge >= 0.3 is 0 Å². The number of nitrogens with one attached hydrogen (secondary N) is 5. The molecule has 3 aliphatic rings. The first-order valence-corrected chi connectivity index (χ1v) is 17.0. The number of anilines is 1. The van der Waals surface area contributed by atoms with Crippen LogP contribution in [-0.2, 0) is 28.2 Å². The van der Waals surface area contributed by atoms with E-state index in [1.54, 1.807) is 7.11 Å². The number of hydrogen-bond donors (Lipinski definition) is 5. The van der Waals surface area contributed by atoms with E-state index in [1.165, 1.54) is 11.3 Å². The van der Waals surface area contributed by atoms with Crippen LogP contribution in [0.5, 0.6) is 5.88 Å². The molecule has 0 bridgehead atoms. The first kappa shape index (κ1) is 32.5. The van der Waals surface area contributed by atoms with E-state index in [1.807, 2.05) is 66.9 Å². The van der Waals surface area contributed by atoms with Crippen LogP contribution in [0.1, 0.15) is 47.4 Å². The van der Waals surface area contributed by atoms with Gasteiger partial charge < -0.3 is 31.3 Å². The number of thiazole rings is 1. The van der Waals surface area contributed by atoms with Crippen LogP contribution in [0.25, 0.3) is 5.57 Å². The fourth-order valence-corrected chi connectivity index (χ4v) is 7.67. The molecule has 0 saturated carbocycles. The molecule has 5 N–H and O–H groups in total. The molecule has 2 fully saturated rings. The molecule has 0 spiro atoms. The topological polar surface area (TPSA) is 129 Å². The van der Waals surface area contributed by atoms with Gasteiger partial charge in [-0.05, 0) is 36.1 Å². The van der Waals surface area contributed by atoms with Crippen molar-refractivity contribution in [1.29, 1.82) is 0 Å². The molecule has 3 aromatic rings. The number of amides is 2. The van der Waals surface area contributed by atoms with Gasteiger partial charge in [0.2, 0.25) is 17.7 Å². The number of methoxy groups -OCH3 is 1. The smallest absolute Gasteiger partial charge is 0.220 e. The van der Waals surface area contributed by atoms with Crippen molar-refractivity contribution in [3.63, 3.8) is 0 Å². The van der Waals surface area contributed by atoms with Gasteiger partial charge in [0.1, 0.15) is 5.54 Å². The number of nitrogens with zero attached hydrogens (tertiary/aromatic N) is 2. The third kappa shape index (κ3) is 6.94. The first-order valence-electron chi connectivity index (χ1n) is 15.4. The number of hydrogen-bond acceptors (Lipinski definition) is 9. The number of rotatable bonds is 13. The van der Waals surface area contributed by atoms with E-state index in [0.717, 1.165) is 28.8 Å². The number of allylic oxidation sites excluding steroid dienone is 2. The monoisotopic (exact) mass is 681 g/mol. The van der Waals surface area contributed by atoms with Crippen molar-refractivity contribution < 1.29 is 14.3 Å². The molecule has 0 radical (unpaired) electrons. The summed E-state index contributed by atoms with van der Waals surface area (Å²) in [5, 5.41) is 17.0. The number of carbonyl (C=O) groups excluding carboxylic acids is 2. The lowest BCUT2D eigenvalue weighted by molar-refractivity contribution is -0.120. The Bertz CT molecular complexity index is 1630. The maximum atomic E-state index is 11.6. The summed E-state index contributed by atoms with van der Waals surface area (Å²) >= 11 is 16.4. The minimum absolute atomic E-state index is 0.0889. The highest BCUT2D eigenvalue weighted by Gasteiger charge is 2.55. The Morgan fingerprint density at radius 3 is 2.33 bits per heavy atom. The number of ether oxygens (including phenoxy) is 1. The van der Waals surface area contributed by atoms with Gasteiger partial charge in [0, 0.05) is 67.7 Å². The highest BCUT2D eigenvalue weighted by Crippen LogP contribution is 2.54. The SMILES string of the molecule is COc1nc(C2(Nc3ncc(CNCC4CCC(=O)N4)s3)C=CC=C(c3ccccc3)C2(Cl)Cl)ccc1CNCC1CCC(=O)N1. The number of carbonyl (C=O) groups is 2. The van der Waals surface area contributed by atoms with Gasteiger partial charge in [0.05, 0.1) is 12.8 Å². The van der Waals surface area contributed by atoms with Crippen molar-refractivity contribution in [2.24, 2.45) is 0 Å². The van der Waals surface area contributed by atoms with E-state index in [0.29, 0.717) is 61.3 Å². The number of aromatic nitrogens is 2. The summed E-state index contributed by atoms with van der Waals surface area (Å²) in [6.45, 7) is 2.46. The fraction of sp³-hybridized carbons (Fsp3) is 0.394. The number of alkyl halides is 2. The maximum absolute atomic E-state index is 11.6. The summed E-state index contributed by atoms with van der Waals surface area (Å²) in [7, 11) is 1.59. The van der Waals surface area contributed by atoms with Crippen molar-refractivity contribution in [3.05, 3.63) is 88.6 Å². The van der Waals surface area contributed by atoms with Crippen molar-refractivity contribution in [2.75, 3.05) is 25.5 Å². The Morgan fingerprint density at radius 2 is 1.67 bits per heavy atom. The van der Waals surface area contributed by atoms with Gasteiger partial charge in [0.25, 0.3) is 0 Å².